The van der Waals surface area contributed by atoms with Crippen molar-refractivity contribution in [2.45, 2.75) is 23.8 Å². The molecule has 0 saturated carbocycles. The molecule has 1 unspecified atom stereocenters. The molecule has 3 rings (SSSR count). The minimum absolute atomic E-state index is 0. The maximum atomic E-state index is 14.6. The van der Waals surface area contributed by atoms with Crippen molar-refractivity contribution in [3.8, 4) is 0 Å². The summed E-state index contributed by atoms with van der Waals surface area (Å²) in [5.74, 6) is -0.817. The summed E-state index contributed by atoms with van der Waals surface area (Å²) in [7, 11) is -4.30. The quantitative estimate of drug-likeness (QED) is 0.432. The molecule has 0 N–H and O–H groups in total. The smallest absolute Gasteiger partial charge is 0.767 e. The van der Waals surface area contributed by atoms with Crippen LogP contribution in [0, 0.1) is 19.7 Å². The van der Waals surface area contributed by atoms with Gasteiger partial charge in [-0.2, -0.15) is 0 Å². The molecule has 0 bridgehead atoms. The van der Waals surface area contributed by atoms with Crippen molar-refractivity contribution in [1.29, 1.82) is 0 Å². The van der Waals surface area contributed by atoms with Crippen LogP contribution in [0.2, 0.25) is 0 Å². The largest absolute Gasteiger partial charge is 1.00 e. The number of halogens is 2. The predicted octanol–water partition coefficient (Wildman–Crippen LogP) is 0.639. The number of fused-ring (bicyclic) bond motifs is 1. The molecule has 0 amide bonds. The Bertz CT molecular complexity index is 1130. The van der Waals surface area contributed by atoms with Crippen LogP contribution in [0.3, 0.4) is 0 Å². The molecule has 5 nitrogen and oxygen atoms in total. The Balaban J connectivity index is 0.00000243. The van der Waals surface area contributed by atoms with Crippen LogP contribution in [-0.2, 0) is 21.1 Å². The van der Waals surface area contributed by atoms with Crippen molar-refractivity contribution in [1.82, 2.24) is 3.97 Å². The number of aromatic nitrogens is 1. The molecule has 10 heteroatoms. The van der Waals surface area contributed by atoms with Crippen molar-refractivity contribution in [2.24, 2.45) is 0 Å². The second kappa shape index (κ2) is 7.58. The molecule has 1 aromatic heterocycles. The van der Waals surface area contributed by atoms with Gasteiger partial charge < -0.3 is 4.55 Å². The zero-order valence-electron chi connectivity index (χ0n) is 14.1. The summed E-state index contributed by atoms with van der Waals surface area (Å²) in [6, 6.07) is 8.19. The minimum atomic E-state index is -4.30. The van der Waals surface area contributed by atoms with Crippen LogP contribution in [0.1, 0.15) is 11.1 Å². The first-order chi connectivity index (χ1) is 11.6. The van der Waals surface area contributed by atoms with Gasteiger partial charge in [0, 0.05) is 9.86 Å². The first-order valence-electron chi connectivity index (χ1n) is 7.06. The van der Waals surface area contributed by atoms with Gasteiger partial charge in [0.15, 0.2) is 0 Å². The van der Waals surface area contributed by atoms with Crippen LogP contribution in [-0.4, -0.2) is 21.2 Å². The van der Waals surface area contributed by atoms with E-state index in [2.05, 4.69) is 15.9 Å². The summed E-state index contributed by atoms with van der Waals surface area (Å²) < 4.78 is 64.8. The zero-order valence-corrected chi connectivity index (χ0v) is 17.3. The SMILES string of the molecule is Cc1ccc(S(=O)(=O)n2c(S(=O)[O-])cc3c(Br)c(C)cc(F)c32)cc1.[Li+]. The van der Waals surface area contributed by atoms with E-state index in [4.69, 9.17) is 0 Å². The van der Waals surface area contributed by atoms with Crippen molar-refractivity contribution in [3.63, 3.8) is 0 Å². The van der Waals surface area contributed by atoms with Crippen LogP contribution in [0.15, 0.2) is 50.8 Å². The van der Waals surface area contributed by atoms with Crippen LogP contribution < -0.4 is 18.9 Å². The van der Waals surface area contributed by atoms with E-state index in [0.29, 0.717) is 14.0 Å². The molecule has 0 saturated heterocycles. The standard InChI is InChI=1S/C16H13BrFNO4S2.Li/c1-9-3-5-11(6-4-9)25(22,23)19-14(24(20)21)8-12-15(17)10(2)7-13(18)16(12)19;/h3-8H,1-2H3,(H,20,21);/q;+1/p-1. The van der Waals surface area contributed by atoms with Crippen LogP contribution in [0.5, 0.6) is 0 Å². The molecule has 2 aromatic carbocycles. The molecule has 1 heterocycles. The molecule has 0 spiro atoms. The first kappa shape index (κ1) is 21.3. The molecular formula is C16H12BrFLiNO4S2. The molecule has 0 aliphatic rings. The normalized spacial score (nSPS) is 12.8. The fourth-order valence-electron chi connectivity index (χ4n) is 2.57. The molecular weight excluding hydrogens is 440 g/mol. The van der Waals surface area contributed by atoms with Gasteiger partial charge in [0.05, 0.1) is 4.90 Å². The number of rotatable bonds is 3. The van der Waals surface area contributed by atoms with Gasteiger partial charge in [-0.3, -0.25) is 4.21 Å². The third-order valence-corrected chi connectivity index (χ3v) is 7.35. The second-order valence-corrected chi connectivity index (χ2v) is 9.02. The number of aryl methyl sites for hydroxylation is 2. The van der Waals surface area contributed by atoms with Crippen molar-refractivity contribution < 1.29 is 40.4 Å². The Morgan fingerprint density at radius 1 is 1.15 bits per heavy atom. The van der Waals surface area contributed by atoms with Gasteiger partial charge in [0.1, 0.15) is 16.4 Å². The van der Waals surface area contributed by atoms with E-state index in [9.17, 15) is 21.6 Å². The topological polar surface area (TPSA) is 79.2 Å². The monoisotopic (exact) mass is 451 g/mol. The van der Waals surface area contributed by atoms with E-state index in [0.717, 1.165) is 17.7 Å². The predicted molar refractivity (Wildman–Crippen MR) is 95.3 cm³/mol. The molecule has 3 aromatic rings. The van der Waals surface area contributed by atoms with E-state index in [1.165, 1.54) is 12.1 Å². The van der Waals surface area contributed by atoms with Crippen LogP contribution in [0.4, 0.5) is 4.39 Å². The molecule has 0 aliphatic carbocycles. The first-order valence-corrected chi connectivity index (χ1v) is 10.4. The third kappa shape index (κ3) is 3.44. The van der Waals surface area contributed by atoms with Crippen molar-refractivity contribution in [2.75, 3.05) is 0 Å². The summed E-state index contributed by atoms with van der Waals surface area (Å²) in [6.07, 6.45) is 0. The number of benzene rings is 2. The van der Waals surface area contributed by atoms with Gasteiger partial charge in [0.2, 0.25) is 0 Å². The van der Waals surface area contributed by atoms with Gasteiger partial charge >= 0.3 is 18.9 Å². The minimum Gasteiger partial charge on any atom is -0.767 e. The van der Waals surface area contributed by atoms with E-state index in [-0.39, 0.29) is 34.7 Å². The van der Waals surface area contributed by atoms with Gasteiger partial charge in [-0.05, 0) is 70.7 Å². The van der Waals surface area contributed by atoms with E-state index in [1.54, 1.807) is 26.0 Å². The molecule has 132 valence electrons. The number of hydrogen-bond donors (Lipinski definition) is 0. The van der Waals surface area contributed by atoms with Gasteiger partial charge in [-0.15, -0.1) is 0 Å². The Hall–Kier alpha value is -0.953. The van der Waals surface area contributed by atoms with Crippen LogP contribution >= 0.6 is 15.9 Å². The fraction of sp³-hybridized carbons (Fsp3) is 0.125. The summed E-state index contributed by atoms with van der Waals surface area (Å²) in [5, 5.41) is -0.354. The Kier molecular flexibility index (Phi) is 6.22. The van der Waals surface area contributed by atoms with Crippen LogP contribution in [0.25, 0.3) is 10.9 Å². The molecule has 26 heavy (non-hydrogen) atoms. The van der Waals surface area contributed by atoms with Gasteiger partial charge in [-0.25, -0.2) is 16.8 Å². The fourth-order valence-corrected chi connectivity index (χ4v) is 5.31. The molecule has 0 radical (unpaired) electrons. The van der Waals surface area contributed by atoms with Crippen molar-refractivity contribution >= 4 is 47.9 Å². The summed E-state index contributed by atoms with van der Waals surface area (Å²) >= 11 is 0.394. The molecule has 0 fully saturated rings. The Morgan fingerprint density at radius 3 is 2.27 bits per heavy atom. The molecule has 1 atom stereocenters. The summed E-state index contributed by atoms with van der Waals surface area (Å²) in [5.41, 5.74) is 1.06. The number of hydrogen-bond acceptors (Lipinski definition) is 4. The zero-order chi connectivity index (χ0) is 18.5. The average Bonchev–Trinajstić information content (AvgIpc) is 2.95. The third-order valence-electron chi connectivity index (χ3n) is 3.81. The Labute approximate surface area is 173 Å². The number of nitrogens with zero attached hydrogens (tertiary/aromatic N) is 1. The van der Waals surface area contributed by atoms with Gasteiger partial charge in [-0.1, -0.05) is 17.7 Å². The van der Waals surface area contributed by atoms with Gasteiger partial charge in [0.25, 0.3) is 10.0 Å². The maximum absolute atomic E-state index is 14.6. The average molecular weight is 452 g/mol. The van der Waals surface area contributed by atoms with E-state index in [1.807, 2.05) is 0 Å². The molecule has 0 aliphatic heterocycles. The van der Waals surface area contributed by atoms with E-state index < -0.39 is 31.9 Å². The summed E-state index contributed by atoms with van der Waals surface area (Å²) in [4.78, 5) is -0.126. The van der Waals surface area contributed by atoms with E-state index >= 15 is 0 Å². The maximum Gasteiger partial charge on any atom is 1.00 e. The summed E-state index contributed by atoms with van der Waals surface area (Å²) in [6.45, 7) is 3.42. The second-order valence-electron chi connectivity index (χ2n) is 5.55. The van der Waals surface area contributed by atoms with Crippen molar-refractivity contribution in [3.05, 3.63) is 57.8 Å². The Morgan fingerprint density at radius 2 is 1.73 bits per heavy atom.